The SMILES string of the molecule is C=CCO[C@@]12Oc3ccc(OC(=O)NCC)cc3[C@H]3[C@H](CCCCO)[C@@H](CCCCO)C=C(C(=NOCc4ccc([N+](=O)[O-])cc4)C[C@@H]1SCCCCCCCCCCCCCCCC)[C@H]32. The van der Waals surface area contributed by atoms with Crippen LogP contribution in [0.2, 0.25) is 0 Å². The Bertz CT molecular complexity index is 1840. The van der Waals surface area contributed by atoms with Crippen LogP contribution in [0, 0.1) is 27.9 Å². The van der Waals surface area contributed by atoms with Crippen molar-refractivity contribution in [1.29, 1.82) is 0 Å². The number of nitro benzene ring substituents is 1. The van der Waals surface area contributed by atoms with E-state index in [1.54, 1.807) is 24.3 Å². The van der Waals surface area contributed by atoms with E-state index in [9.17, 15) is 25.1 Å². The van der Waals surface area contributed by atoms with Gasteiger partial charge in [0.1, 0.15) is 18.1 Å². The number of nitrogens with one attached hydrogen (secondary N) is 1. The molecule has 0 radical (unpaired) electrons. The molecule has 2 aliphatic carbocycles. The number of oxime groups is 1. The van der Waals surface area contributed by atoms with Gasteiger partial charge in [-0.05, 0) is 98.1 Å². The fourth-order valence-corrected chi connectivity index (χ4v) is 11.7. The van der Waals surface area contributed by atoms with Gasteiger partial charge in [0.2, 0.25) is 5.79 Å². The summed E-state index contributed by atoms with van der Waals surface area (Å²) in [6, 6.07) is 12.0. The first kappa shape index (κ1) is 53.1. The first-order valence-corrected chi connectivity index (χ1v) is 26.4. The summed E-state index contributed by atoms with van der Waals surface area (Å²) in [4.78, 5) is 29.8. The van der Waals surface area contributed by atoms with E-state index in [1.807, 2.05) is 30.8 Å². The summed E-state index contributed by atoms with van der Waals surface area (Å²) >= 11 is 1.87. The molecule has 12 nitrogen and oxygen atoms in total. The van der Waals surface area contributed by atoms with E-state index in [4.69, 9.17) is 24.2 Å². The minimum atomic E-state index is -1.09. The number of ether oxygens (including phenoxy) is 3. The molecule has 6 atom stereocenters. The van der Waals surface area contributed by atoms with Crippen molar-refractivity contribution in [2.45, 2.75) is 172 Å². The summed E-state index contributed by atoms with van der Waals surface area (Å²) in [5.41, 5.74) is 3.56. The molecule has 1 amide bonds. The zero-order chi connectivity index (χ0) is 47.0. The van der Waals surface area contributed by atoms with Gasteiger partial charge in [0.25, 0.3) is 5.69 Å². The molecule has 3 N–H and O–H groups in total. The van der Waals surface area contributed by atoms with Gasteiger partial charge < -0.3 is 34.6 Å². The molecule has 1 heterocycles. The van der Waals surface area contributed by atoms with Crippen LogP contribution in [0.4, 0.5) is 10.5 Å². The molecule has 3 aliphatic rings. The number of hydrogen-bond acceptors (Lipinski definition) is 11. The first-order chi connectivity index (χ1) is 32.3. The second-order valence-corrected chi connectivity index (χ2v) is 19.6. The molecule has 1 fully saturated rings. The molecule has 0 saturated heterocycles. The van der Waals surface area contributed by atoms with Crippen molar-refractivity contribution in [2.75, 3.05) is 32.1 Å². The number of allylic oxidation sites excluding steroid dienone is 1. The number of aliphatic hydroxyl groups excluding tert-OH is 2. The summed E-state index contributed by atoms with van der Waals surface area (Å²) in [6.07, 6.45) is 27.1. The number of nitro groups is 1. The van der Waals surface area contributed by atoms with Gasteiger partial charge in [-0.25, -0.2) is 4.79 Å². The van der Waals surface area contributed by atoms with E-state index in [-0.39, 0.29) is 61.0 Å². The Balaban J connectivity index is 1.45. The predicted molar refractivity (Wildman–Crippen MR) is 265 cm³/mol. The van der Waals surface area contributed by atoms with Crippen LogP contribution in [-0.2, 0) is 16.2 Å². The molecule has 1 saturated carbocycles. The van der Waals surface area contributed by atoms with E-state index < -0.39 is 16.8 Å². The molecular weight excluding hydrogens is 855 g/mol. The van der Waals surface area contributed by atoms with E-state index in [0.717, 1.165) is 66.7 Å². The highest BCUT2D eigenvalue weighted by Crippen LogP contribution is 2.62. The van der Waals surface area contributed by atoms with Gasteiger partial charge in [0, 0.05) is 49.8 Å². The molecule has 0 spiro atoms. The van der Waals surface area contributed by atoms with Crippen molar-refractivity contribution in [3.05, 3.63) is 88.0 Å². The predicted octanol–water partition coefficient (Wildman–Crippen LogP) is 12.8. The zero-order valence-electron chi connectivity index (χ0n) is 39.9. The lowest BCUT2D eigenvalue weighted by molar-refractivity contribution is -0.384. The van der Waals surface area contributed by atoms with Crippen molar-refractivity contribution >= 4 is 29.3 Å². The summed E-state index contributed by atoms with van der Waals surface area (Å²) in [5.74, 6) is 0.697. The van der Waals surface area contributed by atoms with Crippen molar-refractivity contribution in [3.8, 4) is 11.5 Å². The first-order valence-electron chi connectivity index (χ1n) is 25.3. The van der Waals surface area contributed by atoms with Crippen LogP contribution in [-0.4, -0.2) is 70.1 Å². The second kappa shape index (κ2) is 29.1. The number of benzene rings is 2. The lowest BCUT2D eigenvalue weighted by atomic mass is 9.56. The third-order valence-electron chi connectivity index (χ3n) is 13.5. The summed E-state index contributed by atoms with van der Waals surface area (Å²) in [6.45, 7) is 9.25. The standard InChI is InChI=1S/C53H79N3O9S/c1-4-7-8-9-10-11-12-13-14-15-16-17-18-23-35-66-49-38-47(55-63-39-40-26-28-42(29-27-40)56(60)61)45-36-41(24-19-21-32-57)44(25-20-22-33-58)50-46-37-43(64-52(59)54-6-3)30-31-48(46)65-53(49,51(45)50)62-34-5-2/h5,26-31,36-37,41,44,49-51,57-58H,2,4,6-25,32-35,38-39H2,1,3H3,(H,54,59)/t41-,44+,49-,50+,51+,53+/m0/s1. The highest BCUT2D eigenvalue weighted by Gasteiger charge is 2.64. The van der Waals surface area contributed by atoms with Gasteiger partial charge in [-0.1, -0.05) is 121 Å². The van der Waals surface area contributed by atoms with E-state index in [2.05, 4.69) is 24.9 Å². The lowest BCUT2D eigenvalue weighted by Gasteiger charge is -2.58. The Hall–Kier alpha value is -3.91. The number of nitrogens with zero attached hydrogens (tertiary/aromatic N) is 2. The second-order valence-electron chi connectivity index (χ2n) is 18.3. The number of aliphatic hydroxyl groups is 2. The third-order valence-corrected chi connectivity index (χ3v) is 14.9. The van der Waals surface area contributed by atoms with E-state index >= 15 is 0 Å². The minimum absolute atomic E-state index is 0.0168. The van der Waals surface area contributed by atoms with Gasteiger partial charge >= 0.3 is 6.09 Å². The van der Waals surface area contributed by atoms with Gasteiger partial charge in [0.15, 0.2) is 0 Å². The number of carbonyl (C=O) groups is 1. The third kappa shape index (κ3) is 15.3. The van der Waals surface area contributed by atoms with E-state index in [1.165, 1.54) is 89.2 Å². The molecule has 66 heavy (non-hydrogen) atoms. The number of carbonyl (C=O) groups excluding carboxylic acids is 1. The largest absolute Gasteiger partial charge is 0.460 e. The van der Waals surface area contributed by atoms with Crippen molar-refractivity contribution in [2.24, 2.45) is 22.9 Å². The van der Waals surface area contributed by atoms with Crippen LogP contribution in [0.5, 0.6) is 11.5 Å². The van der Waals surface area contributed by atoms with Crippen LogP contribution in [0.25, 0.3) is 0 Å². The van der Waals surface area contributed by atoms with Crippen LogP contribution in [0.15, 0.2) is 71.9 Å². The summed E-state index contributed by atoms with van der Waals surface area (Å²) in [5, 5.41) is 38.6. The molecule has 2 aromatic rings. The fourth-order valence-electron chi connectivity index (χ4n) is 10.2. The normalized spacial score (nSPS) is 22.5. The Morgan fingerprint density at radius 3 is 2.18 bits per heavy atom. The fraction of sp³-hybridized carbons (Fsp3) is 0.660. The number of unbranched alkanes of at least 4 members (excludes halogenated alkanes) is 15. The monoisotopic (exact) mass is 934 g/mol. The molecule has 5 rings (SSSR count). The highest BCUT2D eigenvalue weighted by molar-refractivity contribution is 8.00. The van der Waals surface area contributed by atoms with Crippen LogP contribution in [0.1, 0.15) is 166 Å². The Morgan fingerprint density at radius 2 is 1.56 bits per heavy atom. The average molecular weight is 934 g/mol. The van der Waals surface area contributed by atoms with Crippen molar-refractivity contribution in [1.82, 2.24) is 5.32 Å². The molecule has 2 aromatic carbocycles. The summed E-state index contributed by atoms with van der Waals surface area (Å²) in [7, 11) is 0. The number of thioether (sulfide) groups is 1. The maximum atomic E-state index is 12.7. The number of hydrogen-bond donors (Lipinski definition) is 3. The van der Waals surface area contributed by atoms with Crippen LogP contribution < -0.4 is 14.8 Å². The van der Waals surface area contributed by atoms with Crippen LogP contribution in [0.3, 0.4) is 0 Å². The van der Waals surface area contributed by atoms with Crippen molar-refractivity contribution in [3.63, 3.8) is 0 Å². The molecule has 366 valence electrons. The highest BCUT2D eigenvalue weighted by atomic mass is 32.2. The van der Waals surface area contributed by atoms with Gasteiger partial charge in [-0.15, -0.1) is 6.58 Å². The topological polar surface area (TPSA) is 162 Å². The van der Waals surface area contributed by atoms with Gasteiger partial charge in [0.05, 0.1) is 28.4 Å². The van der Waals surface area contributed by atoms with Crippen molar-refractivity contribution < 1.29 is 39.0 Å². The molecule has 0 unspecified atom stereocenters. The maximum Gasteiger partial charge on any atom is 0.412 e. The quantitative estimate of drug-likeness (QED) is 0.0272. The van der Waals surface area contributed by atoms with E-state index in [0.29, 0.717) is 37.3 Å². The summed E-state index contributed by atoms with van der Waals surface area (Å²) < 4.78 is 20.2. The smallest absolute Gasteiger partial charge is 0.412 e. The van der Waals surface area contributed by atoms with Gasteiger partial charge in [-0.3, -0.25) is 10.1 Å². The number of rotatable bonds is 33. The molecule has 13 heteroatoms. The maximum absolute atomic E-state index is 12.7. The molecule has 0 aromatic heterocycles. The Kier molecular flexibility index (Phi) is 23.4. The lowest BCUT2D eigenvalue weighted by Crippen LogP contribution is -2.64. The average Bonchev–Trinajstić information content (AvgIpc) is 3.31. The molecule has 0 bridgehead atoms. The Morgan fingerprint density at radius 1 is 0.909 bits per heavy atom. The number of fused-ring (bicyclic) bond motifs is 2. The van der Waals surface area contributed by atoms with Gasteiger partial charge in [-0.2, -0.15) is 11.8 Å². The Labute approximate surface area is 398 Å². The number of non-ortho nitro benzene ring substituents is 1. The minimum Gasteiger partial charge on any atom is -0.460 e. The van der Waals surface area contributed by atoms with Crippen LogP contribution >= 0.6 is 11.8 Å². The molecule has 1 aliphatic heterocycles. The zero-order valence-corrected chi connectivity index (χ0v) is 40.8. The number of amides is 1. The molecular formula is C53H79N3O9S.